The summed E-state index contributed by atoms with van der Waals surface area (Å²) in [5.41, 5.74) is 12.8. The second kappa shape index (κ2) is 15.6. The molecule has 0 spiro atoms. The number of carbonyl (C=O) groups excluding carboxylic acids is 3. The van der Waals surface area contributed by atoms with Crippen LogP contribution in [0.15, 0.2) is 84.9 Å². The van der Waals surface area contributed by atoms with Gasteiger partial charge in [-0.25, -0.2) is 9.59 Å². The van der Waals surface area contributed by atoms with Crippen LogP contribution in [0.1, 0.15) is 108 Å². The number of amides is 1. The van der Waals surface area contributed by atoms with Crippen LogP contribution in [0.2, 0.25) is 0 Å². The van der Waals surface area contributed by atoms with Crippen LogP contribution < -0.4 is 10.6 Å². The molecule has 1 amide bonds. The smallest absolute Gasteiger partial charge is 0.337 e. The fourth-order valence-electron chi connectivity index (χ4n) is 10.1. The third kappa shape index (κ3) is 6.66. The zero-order valence-corrected chi connectivity index (χ0v) is 32.9. The highest BCUT2D eigenvalue weighted by Crippen LogP contribution is 2.48. The SMILES string of the molecule is COC(=O)c1ccc2c(C3CCCCC3)c3n(c2c1)CC(=O)Nc1ccccc1-3.COC(=O)c1ccc2c(C3CCCCC3)c3n(c2c1)CCNc1ccccc1-3. The zero-order chi connectivity index (χ0) is 39.0. The van der Waals surface area contributed by atoms with Gasteiger partial charge in [0.15, 0.2) is 0 Å². The number of anilines is 2. The molecule has 2 fully saturated rings. The Labute approximate surface area is 333 Å². The molecule has 2 aliphatic heterocycles. The number of rotatable bonds is 4. The first-order valence-electron chi connectivity index (χ1n) is 20.7. The van der Waals surface area contributed by atoms with Gasteiger partial charge in [0, 0.05) is 46.2 Å². The van der Waals surface area contributed by atoms with E-state index in [1.54, 1.807) is 0 Å². The van der Waals surface area contributed by atoms with Crippen LogP contribution in [0.25, 0.3) is 44.3 Å². The maximum absolute atomic E-state index is 12.7. The number of para-hydroxylation sites is 2. The number of aromatic nitrogens is 2. The van der Waals surface area contributed by atoms with Crippen LogP contribution in [-0.2, 0) is 27.4 Å². The van der Waals surface area contributed by atoms with E-state index in [1.165, 1.54) is 99.0 Å². The summed E-state index contributed by atoms with van der Waals surface area (Å²) >= 11 is 0. The van der Waals surface area contributed by atoms with Gasteiger partial charge in [-0.1, -0.05) is 87.1 Å². The summed E-state index contributed by atoms with van der Waals surface area (Å²) < 4.78 is 14.4. The Bertz CT molecular complexity index is 2520. The van der Waals surface area contributed by atoms with E-state index in [0.717, 1.165) is 59.3 Å². The molecule has 292 valence electrons. The maximum Gasteiger partial charge on any atom is 0.337 e. The Morgan fingerprint density at radius 1 is 0.614 bits per heavy atom. The maximum atomic E-state index is 12.7. The third-order valence-corrected chi connectivity index (χ3v) is 12.7. The molecule has 9 nitrogen and oxygen atoms in total. The molecule has 2 aromatic heterocycles. The number of nitrogens with zero attached hydrogens (tertiary/aromatic N) is 2. The second-order valence-corrected chi connectivity index (χ2v) is 15.9. The molecule has 2 N–H and O–H groups in total. The molecule has 0 atom stereocenters. The average molecular weight is 763 g/mol. The lowest BCUT2D eigenvalue weighted by molar-refractivity contribution is -0.116. The average Bonchev–Trinajstić information content (AvgIpc) is 3.60. The number of hydrogen-bond acceptors (Lipinski definition) is 6. The van der Waals surface area contributed by atoms with E-state index in [-0.39, 0.29) is 24.4 Å². The lowest BCUT2D eigenvalue weighted by atomic mass is 9.81. The number of methoxy groups -OCH3 is 2. The van der Waals surface area contributed by atoms with Crippen molar-refractivity contribution in [1.82, 2.24) is 9.13 Å². The molecule has 0 unspecified atom stereocenters. The van der Waals surface area contributed by atoms with Crippen molar-refractivity contribution in [1.29, 1.82) is 0 Å². The Hall–Kier alpha value is -5.83. The van der Waals surface area contributed by atoms with E-state index >= 15 is 0 Å². The topological polar surface area (TPSA) is 104 Å². The van der Waals surface area contributed by atoms with Crippen molar-refractivity contribution in [3.05, 3.63) is 107 Å². The van der Waals surface area contributed by atoms with Gasteiger partial charge in [0.05, 0.1) is 47.9 Å². The number of esters is 2. The fourth-order valence-corrected chi connectivity index (χ4v) is 10.1. The van der Waals surface area contributed by atoms with E-state index < -0.39 is 0 Å². The Morgan fingerprint density at radius 2 is 1.11 bits per heavy atom. The molecule has 4 heterocycles. The van der Waals surface area contributed by atoms with Crippen molar-refractivity contribution in [3.8, 4) is 22.5 Å². The quantitative estimate of drug-likeness (QED) is 0.173. The van der Waals surface area contributed by atoms with Crippen LogP contribution in [0.3, 0.4) is 0 Å². The minimum Gasteiger partial charge on any atom is -0.465 e. The van der Waals surface area contributed by atoms with Crippen LogP contribution in [0.4, 0.5) is 11.4 Å². The third-order valence-electron chi connectivity index (χ3n) is 12.7. The summed E-state index contributed by atoms with van der Waals surface area (Å²) in [5.74, 6) is 0.367. The van der Waals surface area contributed by atoms with Crippen molar-refractivity contribution < 1.29 is 23.9 Å². The minimum absolute atomic E-state index is 0.0493. The molecule has 0 radical (unpaired) electrons. The molecular weight excluding hydrogens is 713 g/mol. The van der Waals surface area contributed by atoms with Gasteiger partial charge in [0.25, 0.3) is 0 Å². The van der Waals surface area contributed by atoms with Crippen LogP contribution in [-0.4, -0.2) is 47.7 Å². The zero-order valence-electron chi connectivity index (χ0n) is 32.9. The van der Waals surface area contributed by atoms with Crippen molar-refractivity contribution in [2.45, 2.75) is 89.1 Å². The molecule has 10 rings (SSSR count). The van der Waals surface area contributed by atoms with E-state index in [4.69, 9.17) is 9.47 Å². The van der Waals surface area contributed by atoms with Gasteiger partial charge in [0.2, 0.25) is 5.91 Å². The predicted molar refractivity (Wildman–Crippen MR) is 226 cm³/mol. The lowest BCUT2D eigenvalue weighted by Gasteiger charge is -2.23. The van der Waals surface area contributed by atoms with Gasteiger partial charge in [0.1, 0.15) is 6.54 Å². The number of hydrogen-bond donors (Lipinski definition) is 2. The molecule has 6 aromatic rings. The van der Waals surface area contributed by atoms with E-state index in [9.17, 15) is 14.4 Å². The standard InChI is InChI=1S/C24H24N2O3.C24H26N2O2/c1-29-24(28)16-11-12-18-20(13-16)26-14-21(27)25-19-10-6-5-9-17(19)23(26)22(18)15-7-3-2-4-8-15;1-28-24(27)17-11-12-19-21(15-17)26-14-13-25-20-10-6-5-9-18(20)23(26)22(19)16-7-3-2-4-8-16/h5-6,9-13,15H,2-4,7-8,14H2,1H3,(H,25,27);5-6,9-12,15-16,25H,2-4,7-8,13-14H2,1H3. The molecule has 2 saturated carbocycles. The molecular formula is C48H50N4O5. The lowest BCUT2D eigenvalue weighted by Crippen LogP contribution is -2.16. The van der Waals surface area contributed by atoms with Gasteiger partial charge in [-0.2, -0.15) is 0 Å². The summed E-state index contributed by atoms with van der Waals surface area (Å²) in [7, 11) is 2.83. The van der Waals surface area contributed by atoms with Gasteiger partial charge in [-0.3, -0.25) is 4.79 Å². The van der Waals surface area contributed by atoms with Gasteiger partial charge < -0.3 is 29.2 Å². The molecule has 9 heteroatoms. The number of fused-ring (bicyclic) bond motifs is 10. The first-order valence-corrected chi connectivity index (χ1v) is 20.7. The Kier molecular flexibility index (Phi) is 10.1. The van der Waals surface area contributed by atoms with Gasteiger partial charge in [-0.05, 0) is 85.0 Å². The van der Waals surface area contributed by atoms with E-state index in [0.29, 0.717) is 23.0 Å². The summed E-state index contributed by atoms with van der Waals surface area (Å²) in [6.45, 7) is 2.00. The normalized spacial score (nSPS) is 16.7. The first-order chi connectivity index (χ1) is 27.9. The predicted octanol–water partition coefficient (Wildman–Crippen LogP) is 10.7. The van der Waals surface area contributed by atoms with Gasteiger partial charge >= 0.3 is 11.9 Å². The first kappa shape index (κ1) is 36.8. The summed E-state index contributed by atoms with van der Waals surface area (Å²) in [4.78, 5) is 37.0. The molecule has 2 aliphatic carbocycles. The fraction of sp³-hybridized carbons (Fsp3) is 0.354. The summed E-state index contributed by atoms with van der Waals surface area (Å²) in [6, 6.07) is 28.5. The van der Waals surface area contributed by atoms with Crippen molar-refractivity contribution in [3.63, 3.8) is 0 Å². The van der Waals surface area contributed by atoms with Crippen molar-refractivity contribution >= 4 is 51.0 Å². The largest absolute Gasteiger partial charge is 0.465 e. The van der Waals surface area contributed by atoms with E-state index in [1.807, 2.05) is 48.5 Å². The van der Waals surface area contributed by atoms with Crippen molar-refractivity contribution in [2.75, 3.05) is 31.4 Å². The molecule has 57 heavy (non-hydrogen) atoms. The molecule has 4 aromatic carbocycles. The number of nitrogens with one attached hydrogen (secondary N) is 2. The number of ether oxygens (including phenoxy) is 2. The Morgan fingerprint density at radius 3 is 1.67 bits per heavy atom. The number of carbonyl (C=O) groups is 3. The summed E-state index contributed by atoms with van der Waals surface area (Å²) in [5, 5.41) is 9.08. The molecule has 0 bridgehead atoms. The highest BCUT2D eigenvalue weighted by Gasteiger charge is 2.31. The van der Waals surface area contributed by atoms with Crippen LogP contribution >= 0.6 is 0 Å². The van der Waals surface area contributed by atoms with Crippen LogP contribution in [0, 0.1) is 0 Å². The molecule has 4 aliphatic rings. The van der Waals surface area contributed by atoms with Crippen molar-refractivity contribution in [2.24, 2.45) is 0 Å². The van der Waals surface area contributed by atoms with E-state index in [2.05, 4.69) is 56.2 Å². The monoisotopic (exact) mass is 762 g/mol. The van der Waals surface area contributed by atoms with Crippen LogP contribution in [0.5, 0.6) is 0 Å². The summed E-state index contributed by atoms with van der Waals surface area (Å²) in [6.07, 6.45) is 12.5. The highest BCUT2D eigenvalue weighted by atomic mass is 16.5. The highest BCUT2D eigenvalue weighted by molar-refractivity contribution is 6.05. The molecule has 0 saturated heterocycles. The number of benzene rings is 4. The minimum atomic E-state index is -0.361. The van der Waals surface area contributed by atoms with Gasteiger partial charge in [-0.15, -0.1) is 0 Å². The second-order valence-electron chi connectivity index (χ2n) is 15.9. The Balaban J connectivity index is 0.000000148.